The summed E-state index contributed by atoms with van der Waals surface area (Å²) in [5, 5.41) is 10.7. The van der Waals surface area contributed by atoms with Gasteiger partial charge < -0.3 is 14.8 Å². The monoisotopic (exact) mass is 469 g/mol. The van der Waals surface area contributed by atoms with Gasteiger partial charge in [0.05, 0.1) is 18.1 Å². The zero-order chi connectivity index (χ0) is 21.7. The van der Waals surface area contributed by atoms with E-state index < -0.39 is 29.7 Å². The second kappa shape index (κ2) is 9.49. The van der Waals surface area contributed by atoms with E-state index in [-0.39, 0.29) is 13.0 Å². The van der Waals surface area contributed by atoms with E-state index in [4.69, 9.17) is 0 Å². The molecule has 30 heavy (non-hydrogen) atoms. The fourth-order valence-electron chi connectivity index (χ4n) is 3.27. The lowest BCUT2D eigenvalue weighted by atomic mass is 10.1. The molecular formula is C22H18BrN2O5-. The highest BCUT2D eigenvalue weighted by molar-refractivity contribution is 9.10. The van der Waals surface area contributed by atoms with Crippen LogP contribution < -0.4 is 10.0 Å². The molecule has 2 aromatic carbocycles. The molecule has 1 fully saturated rings. The van der Waals surface area contributed by atoms with E-state index in [0.29, 0.717) is 18.2 Å². The first kappa shape index (κ1) is 21.4. The number of hydrogen-bond donors (Lipinski definition) is 0. The highest BCUT2D eigenvalue weighted by atomic mass is 79.9. The van der Waals surface area contributed by atoms with Gasteiger partial charge in [-0.3, -0.25) is 14.4 Å². The SMILES string of the molecule is O=C([O-])/C=C/C(=O)N(CCc1ccccc1)[C@H]1CC(=O)N(c2ccc(Br)cc2)C1=O. The standard InChI is InChI=1S/C22H19BrN2O5/c23-16-6-8-17(9-7-16)25-20(27)14-18(22(25)30)24(19(26)10-11-21(28)29)13-12-15-4-2-1-3-5-15/h1-11,18H,12-14H2,(H,28,29)/p-1/b11-10+/t18-/m0/s1. The van der Waals surface area contributed by atoms with Crippen molar-refractivity contribution in [2.75, 3.05) is 11.4 Å². The molecule has 1 aliphatic heterocycles. The van der Waals surface area contributed by atoms with Crippen molar-refractivity contribution in [2.45, 2.75) is 18.9 Å². The van der Waals surface area contributed by atoms with Crippen LogP contribution in [0.4, 0.5) is 5.69 Å². The maximum Gasteiger partial charge on any atom is 0.257 e. The normalized spacial score (nSPS) is 16.3. The van der Waals surface area contributed by atoms with Crippen molar-refractivity contribution < 1.29 is 24.3 Å². The second-order valence-electron chi connectivity index (χ2n) is 6.68. The number of amides is 3. The third kappa shape index (κ3) is 5.01. The molecule has 1 saturated heterocycles. The topological polar surface area (TPSA) is 97.8 Å². The van der Waals surface area contributed by atoms with Gasteiger partial charge in [0.2, 0.25) is 11.8 Å². The Kier molecular flexibility index (Phi) is 6.79. The number of anilines is 1. The molecule has 1 atom stereocenters. The Balaban J connectivity index is 1.85. The molecule has 0 saturated carbocycles. The van der Waals surface area contributed by atoms with Crippen LogP contribution in [0.2, 0.25) is 0 Å². The van der Waals surface area contributed by atoms with Gasteiger partial charge in [0.25, 0.3) is 5.91 Å². The van der Waals surface area contributed by atoms with Crippen LogP contribution in [0.1, 0.15) is 12.0 Å². The number of carboxylic acid groups (broad SMARTS) is 1. The van der Waals surface area contributed by atoms with E-state index in [1.165, 1.54) is 4.90 Å². The number of halogens is 1. The number of carboxylic acids is 1. The first-order valence-electron chi connectivity index (χ1n) is 9.23. The Hall–Kier alpha value is -3.26. The Morgan fingerprint density at radius 3 is 2.37 bits per heavy atom. The number of aliphatic carboxylic acids is 1. The molecule has 7 nitrogen and oxygen atoms in total. The molecule has 3 amide bonds. The fourth-order valence-corrected chi connectivity index (χ4v) is 3.53. The van der Waals surface area contributed by atoms with Gasteiger partial charge in [0, 0.05) is 17.1 Å². The summed E-state index contributed by atoms with van der Waals surface area (Å²) >= 11 is 3.31. The minimum Gasteiger partial charge on any atom is -0.545 e. The molecule has 0 aromatic heterocycles. The molecular weight excluding hydrogens is 452 g/mol. The van der Waals surface area contributed by atoms with Crippen LogP contribution in [0.25, 0.3) is 0 Å². The number of carbonyl (C=O) groups is 4. The van der Waals surface area contributed by atoms with E-state index in [0.717, 1.165) is 21.0 Å². The van der Waals surface area contributed by atoms with Crippen molar-refractivity contribution in [1.29, 1.82) is 0 Å². The van der Waals surface area contributed by atoms with E-state index in [1.54, 1.807) is 24.3 Å². The maximum absolute atomic E-state index is 13.0. The van der Waals surface area contributed by atoms with E-state index in [2.05, 4.69) is 15.9 Å². The number of nitrogens with zero attached hydrogens (tertiary/aromatic N) is 2. The molecule has 0 bridgehead atoms. The van der Waals surface area contributed by atoms with Gasteiger partial charge in [-0.05, 0) is 42.3 Å². The van der Waals surface area contributed by atoms with Crippen LogP contribution in [0, 0.1) is 0 Å². The van der Waals surface area contributed by atoms with Crippen molar-refractivity contribution in [1.82, 2.24) is 4.90 Å². The Bertz CT molecular complexity index is 988. The summed E-state index contributed by atoms with van der Waals surface area (Å²) in [5.74, 6) is -3.13. The lowest BCUT2D eigenvalue weighted by Crippen LogP contribution is -2.46. The summed E-state index contributed by atoms with van der Waals surface area (Å²) in [7, 11) is 0. The summed E-state index contributed by atoms with van der Waals surface area (Å²) in [4.78, 5) is 51.3. The lowest BCUT2D eigenvalue weighted by molar-refractivity contribution is -0.297. The number of imide groups is 1. The van der Waals surface area contributed by atoms with Gasteiger partial charge in [-0.15, -0.1) is 0 Å². The van der Waals surface area contributed by atoms with Gasteiger partial charge in [0.1, 0.15) is 6.04 Å². The molecule has 1 aliphatic rings. The average molecular weight is 470 g/mol. The molecule has 8 heteroatoms. The van der Waals surface area contributed by atoms with Gasteiger partial charge in [-0.25, -0.2) is 4.90 Å². The quantitative estimate of drug-likeness (QED) is 0.451. The van der Waals surface area contributed by atoms with Crippen LogP contribution in [0.3, 0.4) is 0 Å². The molecule has 0 aliphatic carbocycles. The molecule has 0 N–H and O–H groups in total. The fraction of sp³-hybridized carbons (Fsp3) is 0.182. The number of hydrogen-bond acceptors (Lipinski definition) is 5. The van der Waals surface area contributed by atoms with Crippen LogP contribution >= 0.6 is 15.9 Å². The van der Waals surface area contributed by atoms with Crippen LogP contribution in [0.15, 0.2) is 71.2 Å². The minimum absolute atomic E-state index is 0.151. The largest absolute Gasteiger partial charge is 0.545 e. The molecule has 0 unspecified atom stereocenters. The maximum atomic E-state index is 13.0. The summed E-state index contributed by atoms with van der Waals surface area (Å²) in [6, 6.07) is 15.0. The molecule has 0 radical (unpaired) electrons. The number of carbonyl (C=O) groups excluding carboxylic acids is 4. The van der Waals surface area contributed by atoms with Crippen LogP contribution in [-0.4, -0.2) is 41.2 Å². The van der Waals surface area contributed by atoms with E-state index in [1.807, 2.05) is 30.3 Å². The van der Waals surface area contributed by atoms with Gasteiger partial charge in [0.15, 0.2) is 0 Å². The Labute approximate surface area is 181 Å². The van der Waals surface area contributed by atoms with E-state index >= 15 is 0 Å². The van der Waals surface area contributed by atoms with Gasteiger partial charge in [-0.2, -0.15) is 0 Å². The first-order chi connectivity index (χ1) is 14.4. The number of rotatable bonds is 7. The van der Waals surface area contributed by atoms with Crippen LogP contribution in [0.5, 0.6) is 0 Å². The molecule has 2 aromatic rings. The highest BCUT2D eigenvalue weighted by Gasteiger charge is 2.43. The Morgan fingerprint density at radius 2 is 1.73 bits per heavy atom. The third-order valence-electron chi connectivity index (χ3n) is 4.71. The van der Waals surface area contributed by atoms with Crippen molar-refractivity contribution in [3.8, 4) is 0 Å². The summed E-state index contributed by atoms with van der Waals surface area (Å²) in [5.41, 5.74) is 1.36. The highest BCUT2D eigenvalue weighted by Crippen LogP contribution is 2.27. The summed E-state index contributed by atoms with van der Waals surface area (Å²) < 4.78 is 0.800. The van der Waals surface area contributed by atoms with Gasteiger partial charge in [-0.1, -0.05) is 46.3 Å². The lowest BCUT2D eigenvalue weighted by Gasteiger charge is -2.26. The molecule has 0 spiro atoms. The Morgan fingerprint density at radius 1 is 1.07 bits per heavy atom. The summed E-state index contributed by atoms with van der Waals surface area (Å²) in [6.07, 6.45) is 1.74. The first-order valence-corrected chi connectivity index (χ1v) is 10.0. The average Bonchev–Trinajstić information content (AvgIpc) is 3.02. The third-order valence-corrected chi connectivity index (χ3v) is 5.24. The minimum atomic E-state index is -1.52. The van der Waals surface area contributed by atoms with Crippen molar-refractivity contribution in [2.24, 2.45) is 0 Å². The van der Waals surface area contributed by atoms with Gasteiger partial charge >= 0.3 is 0 Å². The van der Waals surface area contributed by atoms with Crippen molar-refractivity contribution >= 4 is 45.3 Å². The molecule has 1 heterocycles. The molecule has 154 valence electrons. The number of benzene rings is 2. The second-order valence-corrected chi connectivity index (χ2v) is 7.60. The van der Waals surface area contributed by atoms with Crippen molar-refractivity contribution in [3.63, 3.8) is 0 Å². The predicted molar refractivity (Wildman–Crippen MR) is 111 cm³/mol. The predicted octanol–water partition coefficient (Wildman–Crippen LogP) is 1.46. The zero-order valence-corrected chi connectivity index (χ0v) is 17.4. The zero-order valence-electron chi connectivity index (χ0n) is 15.9. The summed E-state index contributed by atoms with van der Waals surface area (Å²) in [6.45, 7) is 0.151. The van der Waals surface area contributed by atoms with Crippen LogP contribution in [-0.2, 0) is 25.6 Å². The van der Waals surface area contributed by atoms with E-state index in [9.17, 15) is 24.3 Å². The smallest absolute Gasteiger partial charge is 0.257 e. The molecule has 3 rings (SSSR count). The van der Waals surface area contributed by atoms with Crippen molar-refractivity contribution in [3.05, 3.63) is 76.8 Å².